The molecule has 2 aromatic rings. The summed E-state index contributed by atoms with van der Waals surface area (Å²) in [6.45, 7) is 2.64. The summed E-state index contributed by atoms with van der Waals surface area (Å²) >= 11 is 0. The van der Waals surface area contributed by atoms with Gasteiger partial charge >= 0.3 is 0 Å². The van der Waals surface area contributed by atoms with Crippen LogP contribution < -0.4 is 10.9 Å². The number of nitrogens with one attached hydrogen (secondary N) is 1. The topological polar surface area (TPSA) is 81.8 Å². The van der Waals surface area contributed by atoms with Gasteiger partial charge in [0.2, 0.25) is 11.9 Å². The van der Waals surface area contributed by atoms with E-state index < -0.39 is 0 Å². The van der Waals surface area contributed by atoms with Crippen molar-refractivity contribution in [3.63, 3.8) is 0 Å². The number of imidazole rings is 1. The van der Waals surface area contributed by atoms with Crippen LogP contribution in [-0.2, 0) is 17.9 Å². The minimum atomic E-state index is -0.273. The molecule has 2 aromatic heterocycles. The van der Waals surface area contributed by atoms with Crippen molar-refractivity contribution in [2.75, 3.05) is 5.32 Å². The summed E-state index contributed by atoms with van der Waals surface area (Å²) in [5.74, 6) is 0.0815. The molecule has 1 amide bonds. The average Bonchev–Trinajstić information content (AvgIpc) is 2.81. The fraction of sp³-hybridized carbons (Fsp3) is 0.333. The molecule has 3 rings (SSSR count). The van der Waals surface area contributed by atoms with E-state index in [0.717, 1.165) is 0 Å². The normalized spacial score (nSPS) is 14.2. The molecule has 0 aromatic carbocycles. The van der Waals surface area contributed by atoms with E-state index in [2.05, 4.69) is 15.3 Å². The fourth-order valence-electron chi connectivity index (χ4n) is 1.81. The maximum Gasteiger partial charge on any atom is 0.283 e. The van der Waals surface area contributed by atoms with Gasteiger partial charge < -0.3 is 4.57 Å². The van der Waals surface area contributed by atoms with Gasteiger partial charge in [0, 0.05) is 6.54 Å². The number of hydrogen-bond acceptors (Lipinski definition) is 4. The summed E-state index contributed by atoms with van der Waals surface area (Å²) < 4.78 is 3.07. The van der Waals surface area contributed by atoms with Gasteiger partial charge in [-0.2, -0.15) is 4.98 Å². The quantitative estimate of drug-likeness (QED) is 0.705. The Hall–Kier alpha value is -2.18. The maximum absolute atomic E-state index is 12.0. The van der Waals surface area contributed by atoms with Crippen LogP contribution in [0.15, 0.2) is 11.1 Å². The molecule has 1 aliphatic heterocycles. The molecule has 0 bridgehead atoms. The highest BCUT2D eigenvalue weighted by Crippen LogP contribution is 2.13. The van der Waals surface area contributed by atoms with Crippen LogP contribution in [-0.4, -0.2) is 25.0 Å². The lowest BCUT2D eigenvalue weighted by Crippen LogP contribution is -2.20. The predicted octanol–water partition coefficient (Wildman–Crippen LogP) is -0.435. The van der Waals surface area contributed by atoms with Crippen LogP contribution >= 0.6 is 0 Å². The number of aromatic nitrogens is 4. The summed E-state index contributed by atoms with van der Waals surface area (Å²) in [4.78, 5) is 31.4. The first-order valence-corrected chi connectivity index (χ1v) is 4.96. The van der Waals surface area contributed by atoms with Crippen LogP contribution in [0.1, 0.15) is 6.92 Å². The van der Waals surface area contributed by atoms with E-state index >= 15 is 0 Å². The zero-order valence-corrected chi connectivity index (χ0v) is 8.60. The van der Waals surface area contributed by atoms with E-state index in [0.29, 0.717) is 23.7 Å². The van der Waals surface area contributed by atoms with E-state index in [9.17, 15) is 9.59 Å². The number of aryl methyl sites for hydroxylation is 1. The van der Waals surface area contributed by atoms with E-state index in [1.165, 1.54) is 4.57 Å². The Balaban J connectivity index is 2.39. The van der Waals surface area contributed by atoms with E-state index in [4.69, 9.17) is 0 Å². The molecule has 0 radical (unpaired) electrons. The van der Waals surface area contributed by atoms with Gasteiger partial charge in [0.1, 0.15) is 6.54 Å². The summed E-state index contributed by atoms with van der Waals surface area (Å²) in [5, 5.41) is 2.54. The van der Waals surface area contributed by atoms with Gasteiger partial charge in [0.15, 0.2) is 11.2 Å². The molecular weight excluding hydrogens is 210 g/mol. The van der Waals surface area contributed by atoms with Crippen molar-refractivity contribution in [3.05, 3.63) is 16.7 Å². The van der Waals surface area contributed by atoms with E-state index in [1.807, 2.05) is 6.92 Å². The van der Waals surface area contributed by atoms with Crippen LogP contribution in [0.25, 0.3) is 11.2 Å². The van der Waals surface area contributed by atoms with Crippen LogP contribution in [0.2, 0.25) is 0 Å². The molecule has 1 N–H and O–H groups in total. The Labute approximate surface area is 89.7 Å². The molecule has 0 fully saturated rings. The highest BCUT2D eigenvalue weighted by Gasteiger charge is 2.23. The number of carbonyl (C=O) groups is 1. The van der Waals surface area contributed by atoms with Crippen molar-refractivity contribution >= 4 is 23.0 Å². The third-order valence-corrected chi connectivity index (χ3v) is 2.62. The second-order valence-electron chi connectivity index (χ2n) is 3.58. The highest BCUT2D eigenvalue weighted by molar-refractivity contribution is 5.93. The van der Waals surface area contributed by atoms with Crippen LogP contribution in [0, 0.1) is 0 Å². The largest absolute Gasteiger partial charge is 0.315 e. The maximum atomic E-state index is 12.0. The lowest BCUT2D eigenvalue weighted by Gasteiger charge is -2.01. The monoisotopic (exact) mass is 219 g/mol. The molecule has 0 unspecified atom stereocenters. The average molecular weight is 219 g/mol. The third-order valence-electron chi connectivity index (χ3n) is 2.62. The Morgan fingerprint density at radius 1 is 1.50 bits per heavy atom. The summed E-state index contributed by atoms with van der Waals surface area (Å²) in [5.41, 5.74) is 0.550. The van der Waals surface area contributed by atoms with Crippen molar-refractivity contribution < 1.29 is 4.79 Å². The lowest BCUT2D eigenvalue weighted by atomic mass is 10.5. The first-order chi connectivity index (χ1) is 7.70. The molecule has 7 nitrogen and oxygen atoms in total. The Morgan fingerprint density at radius 2 is 2.31 bits per heavy atom. The predicted molar refractivity (Wildman–Crippen MR) is 56.1 cm³/mol. The van der Waals surface area contributed by atoms with Gasteiger partial charge in [-0.05, 0) is 6.92 Å². The van der Waals surface area contributed by atoms with Crippen molar-refractivity contribution in [1.82, 2.24) is 19.1 Å². The van der Waals surface area contributed by atoms with Crippen molar-refractivity contribution in [1.29, 1.82) is 0 Å². The van der Waals surface area contributed by atoms with Crippen molar-refractivity contribution in [3.8, 4) is 0 Å². The summed E-state index contributed by atoms with van der Waals surface area (Å²) in [7, 11) is 0. The number of amides is 1. The van der Waals surface area contributed by atoms with E-state index in [1.54, 1.807) is 10.9 Å². The zero-order valence-electron chi connectivity index (χ0n) is 8.60. The number of rotatable bonds is 1. The van der Waals surface area contributed by atoms with Crippen molar-refractivity contribution in [2.45, 2.75) is 20.0 Å². The first-order valence-electron chi connectivity index (χ1n) is 4.96. The molecule has 0 spiro atoms. The smallest absolute Gasteiger partial charge is 0.283 e. The van der Waals surface area contributed by atoms with E-state index in [-0.39, 0.29) is 18.0 Å². The van der Waals surface area contributed by atoms with Gasteiger partial charge in [-0.3, -0.25) is 19.5 Å². The molecule has 0 aliphatic carbocycles. The number of nitrogens with zero attached hydrogens (tertiary/aromatic N) is 4. The van der Waals surface area contributed by atoms with Gasteiger partial charge in [0.25, 0.3) is 5.56 Å². The minimum Gasteiger partial charge on any atom is -0.315 e. The first kappa shape index (κ1) is 9.08. The van der Waals surface area contributed by atoms with Gasteiger partial charge in [-0.1, -0.05) is 0 Å². The van der Waals surface area contributed by atoms with Crippen LogP contribution in [0.5, 0.6) is 0 Å². The molecule has 16 heavy (non-hydrogen) atoms. The highest BCUT2D eigenvalue weighted by atomic mass is 16.2. The van der Waals surface area contributed by atoms with Crippen LogP contribution in [0.4, 0.5) is 5.95 Å². The zero-order chi connectivity index (χ0) is 11.3. The Bertz CT molecular complexity index is 654. The van der Waals surface area contributed by atoms with Gasteiger partial charge in [-0.15, -0.1) is 0 Å². The summed E-state index contributed by atoms with van der Waals surface area (Å²) in [6, 6.07) is 0. The Kier molecular flexibility index (Phi) is 1.65. The molecule has 0 saturated heterocycles. The van der Waals surface area contributed by atoms with Crippen LogP contribution in [0.3, 0.4) is 0 Å². The molecule has 3 heterocycles. The number of hydrogen-bond donors (Lipinski definition) is 1. The SMILES string of the molecule is CCn1cnc2c(=O)n3c(nc21)NC(=O)C3. The fourth-order valence-corrected chi connectivity index (χ4v) is 1.81. The lowest BCUT2D eigenvalue weighted by molar-refractivity contribution is -0.115. The molecule has 0 atom stereocenters. The second kappa shape index (κ2) is 2.91. The van der Waals surface area contributed by atoms with Gasteiger partial charge in [0.05, 0.1) is 6.33 Å². The van der Waals surface area contributed by atoms with Crippen molar-refractivity contribution in [2.24, 2.45) is 0 Å². The number of fused-ring (bicyclic) bond motifs is 2. The number of anilines is 1. The molecular formula is C9H9N5O2. The minimum absolute atomic E-state index is 0.0239. The second-order valence-corrected chi connectivity index (χ2v) is 3.58. The molecule has 7 heteroatoms. The summed E-state index contributed by atoms with van der Waals surface area (Å²) in [6.07, 6.45) is 1.58. The third kappa shape index (κ3) is 1.02. The van der Waals surface area contributed by atoms with Gasteiger partial charge in [-0.25, -0.2) is 4.98 Å². The molecule has 1 aliphatic rings. The standard InChI is InChI=1S/C9H9N5O2/c1-2-13-4-10-6-7(13)12-9-11-5(15)3-14(9)8(6)16/h4H,2-3H2,1H3,(H,11,12,15). The Morgan fingerprint density at radius 3 is 3.06 bits per heavy atom. The molecule has 82 valence electrons. The number of carbonyl (C=O) groups excluding carboxylic acids is 1. The molecule has 0 saturated carbocycles.